The van der Waals surface area contributed by atoms with Crippen molar-refractivity contribution in [3.8, 4) is 0 Å². The highest BCUT2D eigenvalue weighted by molar-refractivity contribution is 7.89. The highest BCUT2D eigenvalue weighted by Gasteiger charge is 2.36. The molecule has 2 aliphatic heterocycles. The third-order valence-electron chi connectivity index (χ3n) is 5.31. The average Bonchev–Trinajstić information content (AvgIpc) is 2.88. The molecule has 1 fully saturated rings. The van der Waals surface area contributed by atoms with Gasteiger partial charge in [0.25, 0.3) is 5.91 Å². The average molecular weight is 396 g/mol. The molecule has 1 unspecified atom stereocenters. The van der Waals surface area contributed by atoms with Crippen molar-refractivity contribution in [2.75, 3.05) is 25.0 Å². The Morgan fingerprint density at radius 1 is 1.19 bits per heavy atom. The highest BCUT2D eigenvalue weighted by Crippen LogP contribution is 2.40. The standard InChI is InChI=1S/C18H21N3O3S.ClH/c1-20-15-8-9-16(13-6-4-7-14(17(13)15)18(20)22)25(23,24)21-10-3-2-5-12(21)11-19;/h4,6-9,12H,2-3,5,10-11,19H2,1H3;1H. The molecule has 1 atom stereocenters. The molecule has 2 N–H and O–H groups in total. The summed E-state index contributed by atoms with van der Waals surface area (Å²) in [6.07, 6.45) is 2.63. The van der Waals surface area contributed by atoms with Crippen LogP contribution in [0.4, 0.5) is 5.69 Å². The van der Waals surface area contributed by atoms with Crippen LogP contribution in [0.1, 0.15) is 29.6 Å². The molecule has 0 spiro atoms. The van der Waals surface area contributed by atoms with Crippen molar-refractivity contribution in [3.05, 3.63) is 35.9 Å². The first-order valence-corrected chi connectivity index (χ1v) is 9.96. The Morgan fingerprint density at radius 2 is 1.96 bits per heavy atom. The van der Waals surface area contributed by atoms with Crippen LogP contribution in [0.5, 0.6) is 0 Å². The van der Waals surface area contributed by atoms with Crippen molar-refractivity contribution in [2.24, 2.45) is 5.73 Å². The molecule has 4 rings (SSSR count). The van der Waals surface area contributed by atoms with Gasteiger partial charge < -0.3 is 10.6 Å². The Balaban J connectivity index is 0.00000196. The van der Waals surface area contributed by atoms with Gasteiger partial charge in [-0.15, -0.1) is 12.4 Å². The zero-order valence-electron chi connectivity index (χ0n) is 14.5. The first-order valence-electron chi connectivity index (χ1n) is 8.52. The van der Waals surface area contributed by atoms with Gasteiger partial charge in [-0.2, -0.15) is 4.31 Å². The van der Waals surface area contributed by atoms with E-state index in [0.29, 0.717) is 24.0 Å². The molecule has 2 aromatic rings. The maximum Gasteiger partial charge on any atom is 0.258 e. The number of carbonyl (C=O) groups excluding carboxylic acids is 1. The van der Waals surface area contributed by atoms with Crippen molar-refractivity contribution in [3.63, 3.8) is 0 Å². The maximum atomic E-state index is 13.3. The molecule has 2 aromatic carbocycles. The molecule has 1 amide bonds. The first-order chi connectivity index (χ1) is 12.0. The van der Waals surface area contributed by atoms with Crippen LogP contribution in [0.2, 0.25) is 0 Å². The zero-order valence-corrected chi connectivity index (χ0v) is 16.1. The van der Waals surface area contributed by atoms with E-state index in [1.165, 1.54) is 0 Å². The summed E-state index contributed by atoms with van der Waals surface area (Å²) in [7, 11) is -1.96. The zero-order chi connectivity index (χ0) is 17.8. The largest absolute Gasteiger partial charge is 0.329 e. The lowest BCUT2D eigenvalue weighted by Gasteiger charge is -2.34. The monoisotopic (exact) mass is 395 g/mol. The van der Waals surface area contributed by atoms with Crippen molar-refractivity contribution >= 4 is 44.8 Å². The summed E-state index contributed by atoms with van der Waals surface area (Å²) >= 11 is 0. The number of benzene rings is 2. The van der Waals surface area contributed by atoms with Gasteiger partial charge in [0.15, 0.2) is 0 Å². The van der Waals surface area contributed by atoms with Gasteiger partial charge in [0.2, 0.25) is 10.0 Å². The second-order valence-corrected chi connectivity index (χ2v) is 8.54. The molecule has 6 nitrogen and oxygen atoms in total. The number of hydrogen-bond acceptors (Lipinski definition) is 4. The number of hydrogen-bond donors (Lipinski definition) is 1. The predicted octanol–water partition coefficient (Wildman–Crippen LogP) is 2.35. The lowest BCUT2D eigenvalue weighted by atomic mass is 10.1. The summed E-state index contributed by atoms with van der Waals surface area (Å²) in [4.78, 5) is 14.2. The number of nitrogens with two attached hydrogens (primary N) is 1. The van der Waals surface area contributed by atoms with Gasteiger partial charge >= 0.3 is 0 Å². The third-order valence-corrected chi connectivity index (χ3v) is 7.32. The van der Waals surface area contributed by atoms with Crippen LogP contribution < -0.4 is 10.6 Å². The molecule has 2 aliphatic rings. The van der Waals surface area contributed by atoms with Crippen molar-refractivity contribution < 1.29 is 13.2 Å². The topological polar surface area (TPSA) is 83.7 Å². The van der Waals surface area contributed by atoms with E-state index in [4.69, 9.17) is 5.73 Å². The molecular formula is C18H22ClN3O3S. The maximum absolute atomic E-state index is 13.3. The molecule has 2 heterocycles. The Kier molecular flexibility index (Phi) is 5.00. The van der Waals surface area contributed by atoms with Crippen LogP contribution in [0, 0.1) is 0 Å². The summed E-state index contributed by atoms with van der Waals surface area (Å²) in [5, 5.41) is 1.33. The van der Waals surface area contributed by atoms with Crippen LogP contribution in [0.3, 0.4) is 0 Å². The second-order valence-electron chi connectivity index (χ2n) is 6.68. The molecule has 0 radical (unpaired) electrons. The number of carbonyl (C=O) groups is 1. The number of nitrogens with zero attached hydrogens (tertiary/aromatic N) is 2. The van der Waals surface area contributed by atoms with Gasteiger partial charge in [-0.05, 0) is 31.0 Å². The van der Waals surface area contributed by atoms with Crippen molar-refractivity contribution in [1.29, 1.82) is 0 Å². The number of anilines is 1. The molecule has 140 valence electrons. The predicted molar refractivity (Wildman–Crippen MR) is 105 cm³/mol. The smallest absolute Gasteiger partial charge is 0.258 e. The molecule has 8 heteroatoms. The molecule has 0 saturated carbocycles. The quantitative estimate of drug-likeness (QED) is 0.864. The summed E-state index contributed by atoms with van der Waals surface area (Å²) in [5.41, 5.74) is 7.13. The van der Waals surface area contributed by atoms with E-state index in [9.17, 15) is 13.2 Å². The van der Waals surface area contributed by atoms with Crippen LogP contribution in [0.25, 0.3) is 10.8 Å². The summed E-state index contributed by atoms with van der Waals surface area (Å²) < 4.78 is 28.2. The minimum Gasteiger partial charge on any atom is -0.329 e. The molecule has 0 aliphatic carbocycles. The lowest BCUT2D eigenvalue weighted by Crippen LogP contribution is -2.47. The molecular weight excluding hydrogens is 374 g/mol. The second kappa shape index (κ2) is 6.81. The summed E-state index contributed by atoms with van der Waals surface area (Å²) in [5.74, 6) is -0.104. The number of rotatable bonds is 3. The van der Waals surface area contributed by atoms with Gasteiger partial charge in [0.05, 0.1) is 10.6 Å². The molecule has 26 heavy (non-hydrogen) atoms. The van der Waals surface area contributed by atoms with Crippen LogP contribution in [-0.2, 0) is 10.0 Å². The van der Waals surface area contributed by atoms with Gasteiger partial charge in [0, 0.05) is 42.5 Å². The van der Waals surface area contributed by atoms with Gasteiger partial charge in [-0.25, -0.2) is 8.42 Å². The fourth-order valence-electron chi connectivity index (χ4n) is 3.99. The lowest BCUT2D eigenvalue weighted by molar-refractivity contribution is 0.0999. The van der Waals surface area contributed by atoms with Crippen LogP contribution >= 0.6 is 12.4 Å². The van der Waals surface area contributed by atoms with Crippen LogP contribution in [0.15, 0.2) is 35.2 Å². The number of sulfonamides is 1. The summed E-state index contributed by atoms with van der Waals surface area (Å²) in [6, 6.07) is 8.46. The molecule has 1 saturated heterocycles. The van der Waals surface area contributed by atoms with E-state index in [2.05, 4.69) is 0 Å². The van der Waals surface area contributed by atoms with Crippen molar-refractivity contribution in [1.82, 2.24) is 4.31 Å². The first kappa shape index (κ1) is 19.1. The fourth-order valence-corrected chi connectivity index (χ4v) is 5.88. The highest BCUT2D eigenvalue weighted by atomic mass is 35.5. The SMILES string of the molecule is CN1C(=O)c2cccc3c(S(=O)(=O)N4CCCCC4CN)ccc1c23.Cl. The van der Waals surface area contributed by atoms with Crippen LogP contribution in [-0.4, -0.2) is 44.8 Å². The van der Waals surface area contributed by atoms with E-state index < -0.39 is 10.0 Å². The van der Waals surface area contributed by atoms with Crippen molar-refractivity contribution in [2.45, 2.75) is 30.2 Å². The third kappa shape index (κ3) is 2.62. The Bertz CT molecular complexity index is 977. The van der Waals surface area contributed by atoms with E-state index in [1.807, 2.05) is 0 Å². The molecule has 0 aromatic heterocycles. The number of amides is 1. The molecule has 0 bridgehead atoms. The van der Waals surface area contributed by atoms with E-state index in [0.717, 1.165) is 30.3 Å². The van der Waals surface area contributed by atoms with E-state index in [-0.39, 0.29) is 29.3 Å². The fraction of sp³-hybridized carbons (Fsp3) is 0.389. The Morgan fingerprint density at radius 3 is 2.69 bits per heavy atom. The normalized spacial score (nSPS) is 20.5. The Hall–Kier alpha value is -1.67. The van der Waals surface area contributed by atoms with Gasteiger partial charge in [-0.3, -0.25) is 4.79 Å². The minimum atomic E-state index is -3.67. The summed E-state index contributed by atoms with van der Waals surface area (Å²) in [6.45, 7) is 0.813. The van der Waals surface area contributed by atoms with E-state index in [1.54, 1.807) is 46.6 Å². The Labute approximate surface area is 159 Å². The minimum absolute atomic E-state index is 0. The number of piperidine rings is 1. The number of halogens is 1. The van der Waals surface area contributed by atoms with E-state index >= 15 is 0 Å². The van der Waals surface area contributed by atoms with Gasteiger partial charge in [0.1, 0.15) is 0 Å². The van der Waals surface area contributed by atoms with Gasteiger partial charge in [-0.1, -0.05) is 18.6 Å².